The molecule has 0 atom stereocenters. The summed E-state index contributed by atoms with van der Waals surface area (Å²) in [6.45, 7) is 2.41. The molecule has 0 aliphatic carbocycles. The fourth-order valence-corrected chi connectivity index (χ4v) is 2.49. The average Bonchev–Trinajstić information content (AvgIpc) is 2.38. The van der Waals surface area contributed by atoms with Crippen LogP contribution >= 0.6 is 0 Å². The number of hydrogen-bond acceptors (Lipinski definition) is 5. The Hall–Kier alpha value is -1.64. The molecule has 1 aromatic rings. The lowest BCUT2D eigenvalue weighted by molar-refractivity contribution is -0.142. The van der Waals surface area contributed by atoms with Crippen LogP contribution in [0.2, 0.25) is 0 Å². The Morgan fingerprint density at radius 3 is 2.50 bits per heavy atom. The molecule has 0 radical (unpaired) electrons. The Balaban J connectivity index is 2.45. The van der Waals surface area contributed by atoms with E-state index in [9.17, 15) is 13.2 Å². The van der Waals surface area contributed by atoms with E-state index in [1.54, 1.807) is 19.1 Å². The van der Waals surface area contributed by atoms with Crippen LogP contribution in [0.3, 0.4) is 0 Å². The summed E-state index contributed by atoms with van der Waals surface area (Å²) in [5.41, 5.74) is 0.736. The highest BCUT2D eigenvalue weighted by Crippen LogP contribution is 2.13. The molecule has 20 heavy (non-hydrogen) atoms. The third kappa shape index (κ3) is 5.55. The molecular weight excluding hydrogens is 284 g/mol. The van der Waals surface area contributed by atoms with E-state index in [4.69, 9.17) is 9.84 Å². The lowest BCUT2D eigenvalue weighted by atomic mass is 10.3. The summed E-state index contributed by atoms with van der Waals surface area (Å²) in [5.74, 6) is -1.01. The van der Waals surface area contributed by atoms with Crippen molar-refractivity contribution in [2.24, 2.45) is 0 Å². The van der Waals surface area contributed by atoms with E-state index in [0.29, 0.717) is 13.1 Å². The Labute approximate surface area is 118 Å². The molecule has 0 heterocycles. The van der Waals surface area contributed by atoms with E-state index in [1.807, 2.05) is 0 Å². The van der Waals surface area contributed by atoms with Crippen LogP contribution < -0.4 is 10.0 Å². The van der Waals surface area contributed by atoms with E-state index in [1.165, 1.54) is 12.1 Å². The van der Waals surface area contributed by atoms with Crippen LogP contribution in [0, 0.1) is 0 Å². The van der Waals surface area contributed by atoms with Gasteiger partial charge >= 0.3 is 5.97 Å². The normalized spacial score (nSPS) is 11.2. The number of sulfonamides is 1. The van der Waals surface area contributed by atoms with E-state index in [2.05, 4.69) is 10.0 Å². The van der Waals surface area contributed by atoms with Crippen molar-refractivity contribution in [2.75, 3.05) is 31.6 Å². The Bertz CT molecular complexity index is 527. The Morgan fingerprint density at radius 2 is 1.95 bits per heavy atom. The van der Waals surface area contributed by atoms with E-state index in [0.717, 1.165) is 5.69 Å². The molecular formula is C12H18N2O5S. The summed E-state index contributed by atoms with van der Waals surface area (Å²) in [5, 5.41) is 11.4. The third-order valence-electron chi connectivity index (χ3n) is 2.30. The number of ether oxygens (including phenoxy) is 1. The molecule has 0 unspecified atom stereocenters. The summed E-state index contributed by atoms with van der Waals surface area (Å²) in [6.07, 6.45) is 0. The minimum Gasteiger partial charge on any atom is -0.480 e. The van der Waals surface area contributed by atoms with Crippen molar-refractivity contribution in [3.8, 4) is 0 Å². The van der Waals surface area contributed by atoms with Gasteiger partial charge in [-0.3, -0.25) is 0 Å². The molecule has 8 heteroatoms. The number of benzene rings is 1. The number of carboxylic acids is 1. The van der Waals surface area contributed by atoms with Crippen molar-refractivity contribution < 1.29 is 23.1 Å². The summed E-state index contributed by atoms with van der Waals surface area (Å²) >= 11 is 0. The smallest absolute Gasteiger partial charge is 0.329 e. The first-order chi connectivity index (χ1) is 9.45. The second kappa shape index (κ2) is 7.83. The first-order valence-corrected chi connectivity index (χ1v) is 7.57. The number of nitrogens with one attached hydrogen (secondary N) is 2. The maximum atomic E-state index is 11.7. The Morgan fingerprint density at radius 1 is 1.30 bits per heavy atom. The zero-order chi connectivity index (χ0) is 15.0. The zero-order valence-electron chi connectivity index (χ0n) is 11.1. The zero-order valence-corrected chi connectivity index (χ0v) is 11.9. The molecule has 0 saturated heterocycles. The van der Waals surface area contributed by atoms with E-state index in [-0.39, 0.29) is 18.1 Å². The first kappa shape index (κ1) is 16.4. The number of carbonyl (C=O) groups is 1. The number of hydrogen-bond donors (Lipinski definition) is 3. The summed E-state index contributed by atoms with van der Waals surface area (Å²) in [7, 11) is -3.43. The van der Waals surface area contributed by atoms with Crippen LogP contribution in [0.5, 0.6) is 0 Å². The van der Waals surface area contributed by atoms with Crippen LogP contribution in [0.15, 0.2) is 29.2 Å². The standard InChI is InChI=1S/C12H18N2O5S/c1-2-14-20(17,18)11-5-3-10(4-6-11)13-7-8-19-9-12(15)16/h3-6,13-14H,2,7-9H2,1H3,(H,15,16). The molecule has 0 spiro atoms. The number of anilines is 1. The largest absolute Gasteiger partial charge is 0.480 e. The van der Waals surface area contributed by atoms with Gasteiger partial charge in [0.15, 0.2) is 0 Å². The van der Waals surface area contributed by atoms with Crippen LogP contribution in [0.4, 0.5) is 5.69 Å². The topological polar surface area (TPSA) is 105 Å². The quantitative estimate of drug-likeness (QED) is 0.574. The van der Waals surface area contributed by atoms with Crippen molar-refractivity contribution in [1.29, 1.82) is 0 Å². The Kier molecular flexibility index (Phi) is 6.43. The van der Waals surface area contributed by atoms with Crippen LogP contribution in [0.25, 0.3) is 0 Å². The average molecular weight is 302 g/mol. The minimum absolute atomic E-state index is 0.201. The fourth-order valence-electron chi connectivity index (χ4n) is 1.45. The van der Waals surface area contributed by atoms with Crippen molar-refractivity contribution in [1.82, 2.24) is 4.72 Å². The van der Waals surface area contributed by atoms with Gasteiger partial charge in [-0.2, -0.15) is 0 Å². The molecule has 0 saturated carbocycles. The highest BCUT2D eigenvalue weighted by Gasteiger charge is 2.11. The van der Waals surface area contributed by atoms with Crippen molar-refractivity contribution in [2.45, 2.75) is 11.8 Å². The van der Waals surface area contributed by atoms with E-state index < -0.39 is 16.0 Å². The lowest BCUT2D eigenvalue weighted by Gasteiger charge is -2.08. The number of carboxylic acid groups (broad SMARTS) is 1. The second-order valence-electron chi connectivity index (χ2n) is 3.90. The maximum absolute atomic E-state index is 11.7. The van der Waals surface area contributed by atoms with Gasteiger partial charge in [0.05, 0.1) is 11.5 Å². The van der Waals surface area contributed by atoms with Gasteiger partial charge in [0.25, 0.3) is 0 Å². The van der Waals surface area contributed by atoms with Gasteiger partial charge in [-0.1, -0.05) is 6.92 Å². The predicted molar refractivity (Wildman–Crippen MR) is 74.2 cm³/mol. The van der Waals surface area contributed by atoms with Crippen LogP contribution in [-0.2, 0) is 19.6 Å². The molecule has 1 rings (SSSR count). The highest BCUT2D eigenvalue weighted by molar-refractivity contribution is 7.89. The van der Waals surface area contributed by atoms with Gasteiger partial charge in [0.1, 0.15) is 6.61 Å². The summed E-state index contributed by atoms with van der Waals surface area (Å²) < 4.78 is 30.7. The second-order valence-corrected chi connectivity index (χ2v) is 5.67. The summed E-state index contributed by atoms with van der Waals surface area (Å²) in [4.78, 5) is 10.4. The molecule has 7 nitrogen and oxygen atoms in total. The van der Waals surface area contributed by atoms with Gasteiger partial charge in [-0.25, -0.2) is 17.9 Å². The first-order valence-electron chi connectivity index (χ1n) is 6.09. The fraction of sp³-hybridized carbons (Fsp3) is 0.417. The molecule has 0 fully saturated rings. The van der Waals surface area contributed by atoms with Crippen LogP contribution in [0.1, 0.15) is 6.92 Å². The molecule has 3 N–H and O–H groups in total. The molecule has 1 aromatic carbocycles. The minimum atomic E-state index is -3.43. The monoisotopic (exact) mass is 302 g/mol. The maximum Gasteiger partial charge on any atom is 0.329 e. The number of rotatable bonds is 9. The predicted octanol–water partition coefficient (Wildman–Crippen LogP) is 0.498. The van der Waals surface area contributed by atoms with Gasteiger partial charge in [0.2, 0.25) is 10.0 Å². The molecule has 112 valence electrons. The molecule has 0 aromatic heterocycles. The summed E-state index contributed by atoms with van der Waals surface area (Å²) in [6, 6.07) is 6.28. The van der Waals surface area contributed by atoms with Gasteiger partial charge in [0, 0.05) is 18.8 Å². The molecule has 0 amide bonds. The molecule has 0 aliphatic heterocycles. The third-order valence-corrected chi connectivity index (χ3v) is 3.86. The SMILES string of the molecule is CCNS(=O)(=O)c1ccc(NCCOCC(=O)O)cc1. The van der Waals surface area contributed by atoms with E-state index >= 15 is 0 Å². The lowest BCUT2D eigenvalue weighted by Crippen LogP contribution is -2.23. The molecule has 0 bridgehead atoms. The van der Waals surface area contributed by atoms with Crippen molar-refractivity contribution >= 4 is 21.7 Å². The molecule has 0 aliphatic rings. The van der Waals surface area contributed by atoms with Gasteiger partial charge in [-0.15, -0.1) is 0 Å². The number of aliphatic carboxylic acids is 1. The highest BCUT2D eigenvalue weighted by atomic mass is 32.2. The van der Waals surface area contributed by atoms with Crippen LogP contribution in [-0.4, -0.2) is 45.8 Å². The van der Waals surface area contributed by atoms with Gasteiger partial charge < -0.3 is 15.2 Å². The van der Waals surface area contributed by atoms with Crippen molar-refractivity contribution in [3.05, 3.63) is 24.3 Å². The van der Waals surface area contributed by atoms with Gasteiger partial charge in [-0.05, 0) is 24.3 Å². The van der Waals surface area contributed by atoms with Crippen molar-refractivity contribution in [3.63, 3.8) is 0 Å².